The second-order valence-corrected chi connectivity index (χ2v) is 13.2. The molecule has 4 aliphatic heterocycles. The first-order valence-electron chi connectivity index (χ1n) is 15.2. The third kappa shape index (κ3) is 4.95. The standard InChI is InChI=1S/C31H44F2N4O2/c1-21(2)37-30(39)35(19-28(32)33)20-31(37)14-25-12-13-26(15-31)36(25)17-24-16-34(29(38)23-10-6-7-11-23)18-27(24)22-8-4-3-5-9-22/h3-5,8-9,21,23-28H,6-7,10-20H2,1-2H3/t24-,25?,26?,27-,31?/m1/s1. The number of hydrogen-bond acceptors (Lipinski definition) is 3. The van der Waals surface area contributed by atoms with Crippen LogP contribution in [0.25, 0.3) is 0 Å². The van der Waals surface area contributed by atoms with Crippen molar-refractivity contribution in [2.75, 3.05) is 32.7 Å². The summed E-state index contributed by atoms with van der Waals surface area (Å²) in [4.78, 5) is 34.8. The van der Waals surface area contributed by atoms with Crippen molar-refractivity contribution in [3.63, 3.8) is 0 Å². The first-order chi connectivity index (χ1) is 18.8. The van der Waals surface area contributed by atoms with Gasteiger partial charge in [0, 0.05) is 56.1 Å². The van der Waals surface area contributed by atoms with Gasteiger partial charge in [-0.2, -0.15) is 0 Å². The molecule has 39 heavy (non-hydrogen) atoms. The third-order valence-electron chi connectivity index (χ3n) is 10.5. The molecule has 1 aliphatic carbocycles. The lowest BCUT2D eigenvalue weighted by Crippen LogP contribution is -2.60. The Morgan fingerprint density at radius 1 is 1.00 bits per heavy atom. The minimum absolute atomic E-state index is 0.0152. The van der Waals surface area contributed by atoms with Crippen LogP contribution in [-0.4, -0.2) is 94.4 Å². The summed E-state index contributed by atoms with van der Waals surface area (Å²) in [5.74, 6) is 1.25. The molecule has 1 saturated carbocycles. The molecule has 5 aliphatic rings. The van der Waals surface area contributed by atoms with E-state index in [0.29, 0.717) is 36.4 Å². The number of benzene rings is 1. The minimum atomic E-state index is -2.51. The van der Waals surface area contributed by atoms with Crippen molar-refractivity contribution < 1.29 is 18.4 Å². The lowest BCUT2D eigenvalue weighted by Gasteiger charge is -2.50. The van der Waals surface area contributed by atoms with Gasteiger partial charge in [-0.1, -0.05) is 43.2 Å². The van der Waals surface area contributed by atoms with Gasteiger partial charge in [-0.05, 0) is 63.9 Å². The summed E-state index contributed by atoms with van der Waals surface area (Å²) < 4.78 is 26.6. The zero-order valence-corrected chi connectivity index (χ0v) is 23.5. The second-order valence-electron chi connectivity index (χ2n) is 13.2. The number of carbonyl (C=O) groups excluding carboxylic acids is 2. The molecule has 2 unspecified atom stereocenters. The fourth-order valence-corrected chi connectivity index (χ4v) is 8.99. The maximum absolute atomic E-state index is 13.4. The summed E-state index contributed by atoms with van der Waals surface area (Å²) in [6.07, 6.45) is 5.76. The van der Waals surface area contributed by atoms with Gasteiger partial charge >= 0.3 is 6.03 Å². The number of urea groups is 1. The molecule has 2 bridgehead atoms. The van der Waals surface area contributed by atoms with E-state index in [1.807, 2.05) is 18.7 Å². The summed E-state index contributed by atoms with van der Waals surface area (Å²) in [6, 6.07) is 11.1. The van der Waals surface area contributed by atoms with E-state index in [0.717, 1.165) is 58.2 Å². The van der Waals surface area contributed by atoms with E-state index in [9.17, 15) is 18.4 Å². The Balaban J connectivity index is 1.20. The predicted molar refractivity (Wildman–Crippen MR) is 147 cm³/mol. The zero-order valence-electron chi connectivity index (χ0n) is 23.5. The van der Waals surface area contributed by atoms with Crippen molar-refractivity contribution in [1.29, 1.82) is 0 Å². The highest BCUT2D eigenvalue weighted by molar-refractivity contribution is 5.80. The molecule has 4 heterocycles. The van der Waals surface area contributed by atoms with E-state index in [1.54, 1.807) is 0 Å². The van der Waals surface area contributed by atoms with Crippen LogP contribution in [0.2, 0.25) is 0 Å². The molecule has 0 aromatic heterocycles. The maximum atomic E-state index is 13.4. The quantitative estimate of drug-likeness (QED) is 0.476. The molecule has 0 N–H and O–H groups in total. The van der Waals surface area contributed by atoms with Crippen LogP contribution in [0.1, 0.15) is 76.7 Å². The lowest BCUT2D eigenvalue weighted by molar-refractivity contribution is -0.134. The molecule has 6 nitrogen and oxygen atoms in total. The van der Waals surface area contributed by atoms with Gasteiger partial charge in [0.15, 0.2) is 0 Å². The van der Waals surface area contributed by atoms with Gasteiger partial charge in [-0.15, -0.1) is 0 Å². The fourth-order valence-electron chi connectivity index (χ4n) is 8.99. The van der Waals surface area contributed by atoms with Crippen LogP contribution in [0.15, 0.2) is 30.3 Å². The molecular formula is C31H44F2N4O2. The Bertz CT molecular complexity index is 1030. The Morgan fingerprint density at radius 2 is 1.67 bits per heavy atom. The highest BCUT2D eigenvalue weighted by atomic mass is 19.3. The molecule has 6 rings (SSSR count). The average molecular weight is 543 g/mol. The molecule has 214 valence electrons. The SMILES string of the molecule is CC(C)N1C(=O)N(CC(F)F)CC12CC1CCC(C2)N1C[C@H]1CN(C(=O)C2CCCC2)C[C@@H]1c1ccccc1. The Kier molecular flexibility index (Phi) is 7.36. The van der Waals surface area contributed by atoms with E-state index in [4.69, 9.17) is 0 Å². The molecule has 1 aromatic carbocycles. The highest BCUT2D eigenvalue weighted by Crippen LogP contribution is 2.49. The molecule has 4 atom stereocenters. The van der Waals surface area contributed by atoms with Crippen molar-refractivity contribution in [2.24, 2.45) is 11.8 Å². The predicted octanol–water partition coefficient (Wildman–Crippen LogP) is 5.20. The van der Waals surface area contributed by atoms with E-state index < -0.39 is 13.0 Å². The van der Waals surface area contributed by atoms with Gasteiger partial charge in [-0.25, -0.2) is 13.6 Å². The number of piperidine rings is 1. The van der Waals surface area contributed by atoms with Crippen LogP contribution < -0.4 is 0 Å². The number of alkyl halides is 2. The molecule has 4 saturated heterocycles. The normalized spacial score (nSPS) is 33.6. The molecule has 0 radical (unpaired) electrons. The highest BCUT2D eigenvalue weighted by Gasteiger charge is 2.58. The summed E-state index contributed by atoms with van der Waals surface area (Å²) in [7, 11) is 0. The van der Waals surface area contributed by atoms with Crippen LogP contribution in [0.5, 0.6) is 0 Å². The number of hydrogen-bond donors (Lipinski definition) is 0. The van der Waals surface area contributed by atoms with Crippen LogP contribution in [0, 0.1) is 11.8 Å². The van der Waals surface area contributed by atoms with Crippen molar-refractivity contribution >= 4 is 11.9 Å². The summed E-state index contributed by atoms with van der Waals surface area (Å²) >= 11 is 0. The van der Waals surface area contributed by atoms with Gasteiger partial charge in [0.1, 0.15) is 0 Å². The summed E-state index contributed by atoms with van der Waals surface area (Å²) in [6.45, 7) is 6.53. The van der Waals surface area contributed by atoms with E-state index in [1.165, 1.54) is 23.3 Å². The van der Waals surface area contributed by atoms with Gasteiger partial charge < -0.3 is 14.7 Å². The monoisotopic (exact) mass is 542 g/mol. The van der Waals surface area contributed by atoms with Crippen LogP contribution in [0.4, 0.5) is 13.6 Å². The van der Waals surface area contributed by atoms with Crippen molar-refractivity contribution in [3.8, 4) is 0 Å². The maximum Gasteiger partial charge on any atom is 0.321 e. The van der Waals surface area contributed by atoms with Crippen LogP contribution in [-0.2, 0) is 4.79 Å². The second kappa shape index (κ2) is 10.6. The molecular weight excluding hydrogens is 498 g/mol. The molecule has 1 aromatic rings. The lowest BCUT2D eigenvalue weighted by atomic mass is 9.80. The van der Waals surface area contributed by atoms with Crippen molar-refractivity contribution in [1.82, 2.24) is 19.6 Å². The van der Waals surface area contributed by atoms with Gasteiger partial charge in [0.05, 0.1) is 12.1 Å². The smallest absolute Gasteiger partial charge is 0.321 e. The number of nitrogens with zero attached hydrogens (tertiary/aromatic N) is 4. The van der Waals surface area contributed by atoms with Crippen LogP contribution >= 0.6 is 0 Å². The number of halogens is 2. The Labute approximate surface area is 231 Å². The third-order valence-corrected chi connectivity index (χ3v) is 10.5. The number of amides is 3. The first-order valence-corrected chi connectivity index (χ1v) is 15.2. The summed E-state index contributed by atoms with van der Waals surface area (Å²) in [5, 5.41) is 0. The van der Waals surface area contributed by atoms with E-state index in [2.05, 4.69) is 40.1 Å². The largest absolute Gasteiger partial charge is 0.341 e. The van der Waals surface area contributed by atoms with Gasteiger partial charge in [0.2, 0.25) is 5.91 Å². The number of likely N-dealkylation sites (tertiary alicyclic amines) is 1. The number of carbonyl (C=O) groups is 2. The van der Waals surface area contributed by atoms with Gasteiger partial charge in [-0.3, -0.25) is 9.69 Å². The van der Waals surface area contributed by atoms with Gasteiger partial charge in [0.25, 0.3) is 6.43 Å². The average Bonchev–Trinajstić information content (AvgIpc) is 3.67. The van der Waals surface area contributed by atoms with E-state index in [-0.39, 0.29) is 23.5 Å². The molecule has 3 amide bonds. The molecule has 8 heteroatoms. The molecule has 5 fully saturated rings. The van der Waals surface area contributed by atoms with Crippen molar-refractivity contribution in [2.45, 2.75) is 101 Å². The molecule has 1 spiro atoms. The van der Waals surface area contributed by atoms with Crippen LogP contribution in [0.3, 0.4) is 0 Å². The summed E-state index contributed by atoms with van der Waals surface area (Å²) in [5.41, 5.74) is 0.960. The fraction of sp³-hybridized carbons (Fsp3) is 0.742. The minimum Gasteiger partial charge on any atom is -0.341 e. The topological polar surface area (TPSA) is 47.1 Å². The zero-order chi connectivity index (χ0) is 27.3. The Hall–Kier alpha value is -2.22. The number of rotatable bonds is 7. The Morgan fingerprint density at radius 3 is 2.28 bits per heavy atom. The van der Waals surface area contributed by atoms with Crippen molar-refractivity contribution in [3.05, 3.63) is 35.9 Å². The first kappa shape index (κ1) is 27.0. The number of fused-ring (bicyclic) bond motifs is 2. The van der Waals surface area contributed by atoms with E-state index >= 15 is 0 Å².